The topological polar surface area (TPSA) is 35.2 Å². The lowest BCUT2D eigenvalue weighted by molar-refractivity contribution is 0.301. The van der Waals surface area contributed by atoms with Gasteiger partial charge in [-0.05, 0) is 31.7 Å². The summed E-state index contributed by atoms with van der Waals surface area (Å²) < 4.78 is 5.59. The Morgan fingerprint density at radius 1 is 1.17 bits per heavy atom. The molecular weight excluding hydrogens is 222 g/mol. The molecule has 0 aliphatic rings. The van der Waals surface area contributed by atoms with Crippen LogP contribution in [0, 0.1) is 6.07 Å². The fourth-order valence-electron chi connectivity index (χ4n) is 1.96. The molecule has 2 heteroatoms. The lowest BCUT2D eigenvalue weighted by Crippen LogP contribution is -2.19. The maximum Gasteiger partial charge on any atom is 0.127 e. The van der Waals surface area contributed by atoms with E-state index in [1.54, 1.807) is 0 Å². The minimum Gasteiger partial charge on any atom is -0.493 e. The van der Waals surface area contributed by atoms with Crippen molar-refractivity contribution in [3.63, 3.8) is 0 Å². The Kier molecular flexibility index (Phi) is 8.32. The fraction of sp³-hybridized carbons (Fsp3) is 0.625. The van der Waals surface area contributed by atoms with E-state index in [2.05, 4.69) is 13.0 Å². The first-order chi connectivity index (χ1) is 8.83. The van der Waals surface area contributed by atoms with Crippen molar-refractivity contribution in [2.75, 3.05) is 6.61 Å². The zero-order chi connectivity index (χ0) is 13.1. The summed E-state index contributed by atoms with van der Waals surface area (Å²) in [6.45, 7) is 2.99. The Hall–Kier alpha value is -1.02. The molecule has 0 spiro atoms. The number of benzene rings is 1. The number of hydrogen-bond donors (Lipinski definition) is 1. The summed E-state index contributed by atoms with van der Waals surface area (Å²) >= 11 is 0. The van der Waals surface area contributed by atoms with Crippen LogP contribution < -0.4 is 10.5 Å². The van der Waals surface area contributed by atoms with Crippen LogP contribution in [-0.2, 0) is 0 Å². The van der Waals surface area contributed by atoms with Gasteiger partial charge in [0.2, 0.25) is 0 Å². The van der Waals surface area contributed by atoms with Gasteiger partial charge >= 0.3 is 0 Å². The molecule has 0 bridgehead atoms. The monoisotopic (exact) mass is 248 g/mol. The Morgan fingerprint density at radius 2 is 1.94 bits per heavy atom. The highest BCUT2D eigenvalue weighted by Gasteiger charge is 2.02. The van der Waals surface area contributed by atoms with Gasteiger partial charge in [0.05, 0.1) is 6.61 Å². The van der Waals surface area contributed by atoms with Gasteiger partial charge in [0, 0.05) is 12.1 Å². The standard InChI is InChI=1S/C16H26NO/c1-2-3-5-10-15(17)11-8-9-14-18-16-12-6-4-7-13-16/h4,6-7,12,15H,2-3,5,8-11,14,17H2,1H3. The van der Waals surface area contributed by atoms with E-state index in [9.17, 15) is 0 Å². The average Bonchev–Trinajstić information content (AvgIpc) is 2.40. The molecule has 2 nitrogen and oxygen atoms in total. The quantitative estimate of drug-likeness (QED) is 0.636. The van der Waals surface area contributed by atoms with Crippen molar-refractivity contribution in [1.29, 1.82) is 0 Å². The molecule has 0 saturated heterocycles. The van der Waals surface area contributed by atoms with Crippen LogP contribution in [-0.4, -0.2) is 12.6 Å². The van der Waals surface area contributed by atoms with E-state index in [0.717, 1.165) is 31.6 Å². The van der Waals surface area contributed by atoms with Crippen LogP contribution >= 0.6 is 0 Å². The molecule has 1 aromatic carbocycles. The Bertz CT molecular complexity index is 286. The first-order valence-corrected chi connectivity index (χ1v) is 7.18. The number of ether oxygens (including phenoxy) is 1. The predicted octanol–water partition coefficient (Wildman–Crippen LogP) is 3.94. The van der Waals surface area contributed by atoms with Gasteiger partial charge in [-0.3, -0.25) is 0 Å². The molecule has 0 aliphatic carbocycles. The van der Waals surface area contributed by atoms with Crippen LogP contribution in [0.1, 0.15) is 51.9 Å². The van der Waals surface area contributed by atoms with Crippen molar-refractivity contribution in [1.82, 2.24) is 0 Å². The van der Waals surface area contributed by atoms with Crippen LogP contribution in [0.15, 0.2) is 24.3 Å². The van der Waals surface area contributed by atoms with Crippen LogP contribution in [0.3, 0.4) is 0 Å². The zero-order valence-electron chi connectivity index (χ0n) is 11.5. The van der Waals surface area contributed by atoms with Gasteiger partial charge in [-0.1, -0.05) is 44.4 Å². The molecule has 0 aliphatic heterocycles. The molecule has 2 N–H and O–H groups in total. The summed E-state index contributed by atoms with van der Waals surface area (Å²) in [4.78, 5) is 0. The largest absolute Gasteiger partial charge is 0.493 e. The maximum absolute atomic E-state index is 6.06. The minimum absolute atomic E-state index is 0.375. The summed E-state index contributed by atoms with van der Waals surface area (Å²) in [6, 6.07) is 11.2. The Labute approximate surface area is 112 Å². The van der Waals surface area contributed by atoms with Gasteiger partial charge in [0.1, 0.15) is 5.75 Å². The molecule has 101 valence electrons. The van der Waals surface area contributed by atoms with Gasteiger partial charge in [-0.15, -0.1) is 0 Å². The third-order valence-electron chi connectivity index (χ3n) is 3.09. The number of para-hydroxylation sites is 1. The molecule has 1 aromatic rings. The first-order valence-electron chi connectivity index (χ1n) is 7.18. The third kappa shape index (κ3) is 7.33. The second kappa shape index (κ2) is 9.95. The van der Waals surface area contributed by atoms with E-state index in [4.69, 9.17) is 10.5 Å². The molecule has 0 fully saturated rings. The number of hydrogen-bond acceptors (Lipinski definition) is 2. The average molecular weight is 248 g/mol. The highest BCUT2D eigenvalue weighted by Crippen LogP contribution is 2.10. The van der Waals surface area contributed by atoms with Crippen LogP contribution in [0.5, 0.6) is 5.75 Å². The Morgan fingerprint density at radius 3 is 2.61 bits per heavy atom. The number of rotatable bonds is 10. The summed E-state index contributed by atoms with van der Waals surface area (Å²) in [6.07, 6.45) is 8.36. The first kappa shape index (κ1) is 15.0. The molecule has 1 radical (unpaired) electrons. The fourth-order valence-corrected chi connectivity index (χ4v) is 1.96. The van der Waals surface area contributed by atoms with Gasteiger partial charge in [0.15, 0.2) is 0 Å². The van der Waals surface area contributed by atoms with Crippen molar-refractivity contribution >= 4 is 0 Å². The van der Waals surface area contributed by atoms with E-state index >= 15 is 0 Å². The van der Waals surface area contributed by atoms with Crippen molar-refractivity contribution in [3.8, 4) is 5.75 Å². The van der Waals surface area contributed by atoms with Crippen LogP contribution in [0.2, 0.25) is 0 Å². The molecule has 1 rings (SSSR count). The van der Waals surface area contributed by atoms with E-state index in [-0.39, 0.29) is 0 Å². The third-order valence-corrected chi connectivity index (χ3v) is 3.09. The molecule has 18 heavy (non-hydrogen) atoms. The van der Waals surface area contributed by atoms with Gasteiger partial charge in [-0.2, -0.15) is 0 Å². The molecular formula is C16H26NO. The summed E-state index contributed by atoms with van der Waals surface area (Å²) in [7, 11) is 0. The number of unbranched alkanes of at least 4 members (excludes halogenated alkanes) is 3. The number of nitrogens with two attached hydrogens (primary N) is 1. The highest BCUT2D eigenvalue weighted by atomic mass is 16.5. The molecule has 0 aromatic heterocycles. The van der Waals surface area contributed by atoms with E-state index in [0.29, 0.717) is 6.04 Å². The maximum atomic E-state index is 6.06. The minimum atomic E-state index is 0.375. The molecule has 0 heterocycles. The van der Waals surface area contributed by atoms with Gasteiger partial charge in [-0.25, -0.2) is 0 Å². The highest BCUT2D eigenvalue weighted by molar-refractivity contribution is 5.19. The van der Waals surface area contributed by atoms with Crippen molar-refractivity contribution in [3.05, 3.63) is 30.3 Å². The van der Waals surface area contributed by atoms with Crippen LogP contribution in [0.4, 0.5) is 0 Å². The van der Waals surface area contributed by atoms with Crippen molar-refractivity contribution < 1.29 is 4.74 Å². The van der Waals surface area contributed by atoms with E-state index in [1.165, 1.54) is 25.7 Å². The lowest BCUT2D eigenvalue weighted by Gasteiger charge is -2.11. The predicted molar refractivity (Wildman–Crippen MR) is 76.7 cm³/mol. The van der Waals surface area contributed by atoms with Gasteiger partial charge in [0.25, 0.3) is 0 Å². The van der Waals surface area contributed by atoms with Crippen molar-refractivity contribution in [2.45, 2.75) is 57.9 Å². The van der Waals surface area contributed by atoms with E-state index in [1.807, 2.05) is 24.3 Å². The normalized spacial score (nSPS) is 12.3. The second-order valence-corrected chi connectivity index (χ2v) is 4.83. The zero-order valence-corrected chi connectivity index (χ0v) is 11.5. The summed E-state index contributed by atoms with van der Waals surface area (Å²) in [5, 5.41) is 0. The van der Waals surface area contributed by atoms with Gasteiger partial charge < -0.3 is 10.5 Å². The van der Waals surface area contributed by atoms with Crippen molar-refractivity contribution in [2.24, 2.45) is 5.73 Å². The molecule has 0 amide bonds. The van der Waals surface area contributed by atoms with Crippen LogP contribution in [0.25, 0.3) is 0 Å². The summed E-state index contributed by atoms with van der Waals surface area (Å²) in [5.74, 6) is 0.838. The smallest absolute Gasteiger partial charge is 0.127 e. The summed E-state index contributed by atoms with van der Waals surface area (Å²) in [5.41, 5.74) is 6.06. The lowest BCUT2D eigenvalue weighted by atomic mass is 10.0. The molecule has 1 atom stereocenters. The molecule has 0 saturated carbocycles. The van der Waals surface area contributed by atoms with E-state index < -0.39 is 0 Å². The SMILES string of the molecule is CCCCCC(N)CCCCOc1[c]cccc1. The molecule has 1 unspecified atom stereocenters. The second-order valence-electron chi connectivity index (χ2n) is 4.83. The Balaban J connectivity index is 1.95.